The number of oxazole rings is 1. The number of anilines is 3. The van der Waals surface area contributed by atoms with Gasteiger partial charge in [0.05, 0.1) is 11.0 Å². The number of furan rings is 1. The second kappa shape index (κ2) is 12.8. The van der Waals surface area contributed by atoms with Gasteiger partial charge in [-0.3, -0.25) is 0 Å². The molecule has 3 aromatic heterocycles. The van der Waals surface area contributed by atoms with E-state index < -0.39 is 0 Å². The van der Waals surface area contributed by atoms with Gasteiger partial charge in [-0.15, -0.1) is 0 Å². The molecule has 58 heavy (non-hydrogen) atoms. The van der Waals surface area contributed by atoms with Gasteiger partial charge >= 0.3 is 0 Å². The summed E-state index contributed by atoms with van der Waals surface area (Å²) in [5, 5.41) is 6.77. The molecule has 5 heteroatoms. The molecule has 272 valence electrons. The zero-order valence-electron chi connectivity index (χ0n) is 31.2. The van der Waals surface area contributed by atoms with Gasteiger partial charge in [-0.05, 0) is 101 Å². The molecule has 0 fully saturated rings. The highest BCUT2D eigenvalue weighted by atomic mass is 16.3. The van der Waals surface area contributed by atoms with Gasteiger partial charge < -0.3 is 18.3 Å². The number of hydrogen-bond acceptors (Lipinski definition) is 4. The summed E-state index contributed by atoms with van der Waals surface area (Å²) in [4.78, 5) is 7.32. The van der Waals surface area contributed by atoms with Crippen molar-refractivity contribution >= 4 is 82.7 Å². The largest absolute Gasteiger partial charge is 0.456 e. The Labute approximate surface area is 333 Å². The number of para-hydroxylation sites is 3. The lowest BCUT2D eigenvalue weighted by Gasteiger charge is -2.26. The molecule has 0 spiro atoms. The highest BCUT2D eigenvalue weighted by Gasteiger charge is 2.20. The van der Waals surface area contributed by atoms with Gasteiger partial charge in [0.1, 0.15) is 16.7 Å². The highest BCUT2D eigenvalue weighted by Crippen LogP contribution is 2.43. The van der Waals surface area contributed by atoms with E-state index in [1.807, 2.05) is 42.5 Å². The van der Waals surface area contributed by atoms with Crippen molar-refractivity contribution in [3.63, 3.8) is 0 Å². The molecule has 0 aliphatic carbocycles. The van der Waals surface area contributed by atoms with Gasteiger partial charge in [0, 0.05) is 55.2 Å². The van der Waals surface area contributed by atoms with Crippen LogP contribution in [0, 0.1) is 0 Å². The van der Waals surface area contributed by atoms with Gasteiger partial charge in [0.2, 0.25) is 5.89 Å². The molecule has 0 amide bonds. The van der Waals surface area contributed by atoms with Gasteiger partial charge in [-0.2, -0.15) is 0 Å². The van der Waals surface area contributed by atoms with Gasteiger partial charge in [0.15, 0.2) is 5.58 Å². The summed E-state index contributed by atoms with van der Waals surface area (Å²) in [6.45, 7) is 0. The number of fused-ring (bicyclic) bond motifs is 9. The van der Waals surface area contributed by atoms with Crippen LogP contribution in [0.4, 0.5) is 17.1 Å². The minimum absolute atomic E-state index is 0.620. The summed E-state index contributed by atoms with van der Waals surface area (Å²) in [5.74, 6) is 0.620. The topological polar surface area (TPSA) is 47.3 Å². The van der Waals surface area contributed by atoms with E-state index >= 15 is 0 Å². The van der Waals surface area contributed by atoms with E-state index in [0.717, 1.165) is 88.8 Å². The maximum atomic E-state index is 6.42. The molecule has 12 aromatic rings. The smallest absolute Gasteiger partial charge is 0.227 e. The van der Waals surface area contributed by atoms with Crippen molar-refractivity contribution in [2.24, 2.45) is 0 Å². The van der Waals surface area contributed by atoms with E-state index in [-0.39, 0.29) is 0 Å². The van der Waals surface area contributed by atoms with Crippen molar-refractivity contribution in [1.29, 1.82) is 0 Å². The third-order valence-electron chi connectivity index (χ3n) is 11.4. The van der Waals surface area contributed by atoms with Crippen LogP contribution in [-0.2, 0) is 0 Å². The van der Waals surface area contributed by atoms with Crippen LogP contribution in [0.3, 0.4) is 0 Å². The normalized spacial score (nSPS) is 11.8. The molecule has 0 unspecified atom stereocenters. The van der Waals surface area contributed by atoms with Crippen LogP contribution < -0.4 is 4.90 Å². The van der Waals surface area contributed by atoms with Crippen molar-refractivity contribution < 1.29 is 8.83 Å². The van der Waals surface area contributed by atoms with Crippen LogP contribution in [0.2, 0.25) is 0 Å². The van der Waals surface area contributed by atoms with E-state index in [2.05, 4.69) is 167 Å². The lowest BCUT2D eigenvalue weighted by molar-refractivity contribution is 0.623. The van der Waals surface area contributed by atoms with Crippen LogP contribution in [0.25, 0.3) is 93.9 Å². The molecule has 0 saturated carbocycles. The molecule has 5 nitrogen and oxygen atoms in total. The van der Waals surface area contributed by atoms with Crippen molar-refractivity contribution in [2.45, 2.75) is 0 Å². The summed E-state index contributed by atoms with van der Waals surface area (Å²) in [6.07, 6.45) is 0. The molecule has 0 radical (unpaired) electrons. The highest BCUT2D eigenvalue weighted by molar-refractivity contribution is 6.12. The molecule has 3 heterocycles. The summed E-state index contributed by atoms with van der Waals surface area (Å²) in [6, 6.07) is 70.4. The van der Waals surface area contributed by atoms with Crippen molar-refractivity contribution in [3.8, 4) is 28.3 Å². The van der Waals surface area contributed by atoms with E-state index in [0.29, 0.717) is 5.89 Å². The third-order valence-corrected chi connectivity index (χ3v) is 11.4. The molecule has 0 bridgehead atoms. The van der Waals surface area contributed by atoms with Crippen molar-refractivity contribution in [1.82, 2.24) is 9.55 Å². The fourth-order valence-electron chi connectivity index (χ4n) is 8.74. The van der Waals surface area contributed by atoms with Crippen molar-refractivity contribution in [2.75, 3.05) is 4.90 Å². The Balaban J connectivity index is 1.04. The lowest BCUT2D eigenvalue weighted by Crippen LogP contribution is -2.10. The number of hydrogen-bond donors (Lipinski definition) is 0. The van der Waals surface area contributed by atoms with E-state index in [1.54, 1.807) is 0 Å². The first-order chi connectivity index (χ1) is 28.7. The maximum Gasteiger partial charge on any atom is 0.227 e. The number of benzene rings is 9. The van der Waals surface area contributed by atoms with Gasteiger partial charge in [-0.25, -0.2) is 4.98 Å². The molecule has 12 rings (SSSR count). The van der Waals surface area contributed by atoms with E-state index in [1.165, 1.54) is 16.3 Å². The second-order valence-corrected chi connectivity index (χ2v) is 14.8. The van der Waals surface area contributed by atoms with Crippen LogP contribution in [0.5, 0.6) is 0 Å². The lowest BCUT2D eigenvalue weighted by atomic mass is 9.97. The Morgan fingerprint density at radius 2 is 1.02 bits per heavy atom. The Kier molecular flexibility index (Phi) is 7.16. The van der Waals surface area contributed by atoms with Gasteiger partial charge in [0.25, 0.3) is 0 Å². The van der Waals surface area contributed by atoms with Crippen LogP contribution in [0.1, 0.15) is 0 Å². The molecule has 0 aliphatic heterocycles. The summed E-state index contributed by atoms with van der Waals surface area (Å²) >= 11 is 0. The second-order valence-electron chi connectivity index (χ2n) is 14.8. The molecule has 9 aromatic carbocycles. The fourth-order valence-corrected chi connectivity index (χ4v) is 8.74. The first-order valence-electron chi connectivity index (χ1n) is 19.5. The number of rotatable bonds is 6. The SMILES string of the molecule is c1ccc(-c2nc3cc(-c4ccc(N(c5ccc6oc7ccccc7c6c5)c5ccc6c7ccccc7n(-c7ccccc7)c6c5)cc4)c4ccccc4c3o2)cc1. The zero-order chi connectivity index (χ0) is 38.2. The quantitative estimate of drug-likeness (QED) is 0.170. The molecular formula is C53H33N3O2. The maximum absolute atomic E-state index is 6.42. The Morgan fingerprint density at radius 1 is 0.397 bits per heavy atom. The Hall–Kier alpha value is -7.89. The summed E-state index contributed by atoms with van der Waals surface area (Å²) < 4.78 is 15.1. The molecular weight excluding hydrogens is 711 g/mol. The van der Waals surface area contributed by atoms with E-state index in [9.17, 15) is 0 Å². The first-order valence-corrected chi connectivity index (χ1v) is 19.5. The summed E-state index contributed by atoms with van der Waals surface area (Å²) in [7, 11) is 0. The molecule has 0 saturated heterocycles. The monoisotopic (exact) mass is 743 g/mol. The molecule has 0 N–H and O–H groups in total. The minimum atomic E-state index is 0.620. The number of nitrogens with zero attached hydrogens (tertiary/aromatic N) is 3. The van der Waals surface area contributed by atoms with Crippen LogP contribution in [-0.4, -0.2) is 9.55 Å². The fraction of sp³-hybridized carbons (Fsp3) is 0. The number of aromatic nitrogens is 2. The van der Waals surface area contributed by atoms with Gasteiger partial charge in [-0.1, -0.05) is 115 Å². The average molecular weight is 744 g/mol. The third kappa shape index (κ3) is 5.07. The van der Waals surface area contributed by atoms with E-state index in [4.69, 9.17) is 13.8 Å². The predicted molar refractivity (Wildman–Crippen MR) is 239 cm³/mol. The minimum Gasteiger partial charge on any atom is -0.456 e. The average Bonchev–Trinajstić information content (AvgIpc) is 3.99. The molecule has 0 aliphatic rings. The van der Waals surface area contributed by atoms with Crippen LogP contribution >= 0.6 is 0 Å². The van der Waals surface area contributed by atoms with Crippen LogP contribution in [0.15, 0.2) is 209 Å². The Bertz CT molecular complexity index is 3510. The Morgan fingerprint density at radius 3 is 1.84 bits per heavy atom. The first kappa shape index (κ1) is 32.4. The standard InChI is InChI=1S/C53H33N3O2/c1-3-13-35(14-4-1)53-54-47-33-45(40-17-7-8-20-44(40)52(47)58-53)34-23-25-37(26-24-34)55(38-28-30-51-46(31-38)43-19-10-12-22-50(43)57-51)39-27-29-42-41-18-9-11-21-48(41)56(49(42)32-39)36-15-5-2-6-16-36/h1-33H. The zero-order valence-corrected chi connectivity index (χ0v) is 31.2. The predicted octanol–water partition coefficient (Wildman–Crippen LogP) is 14.8. The molecule has 0 atom stereocenters. The van der Waals surface area contributed by atoms with Crippen molar-refractivity contribution in [3.05, 3.63) is 200 Å². The summed E-state index contributed by atoms with van der Waals surface area (Å²) in [5.41, 5.74) is 13.1.